The van der Waals surface area contributed by atoms with Crippen LogP contribution in [-0.4, -0.2) is 42.1 Å². The van der Waals surface area contributed by atoms with Gasteiger partial charge in [-0.3, -0.25) is 0 Å². The predicted octanol–water partition coefficient (Wildman–Crippen LogP) is -0.637. The monoisotopic (exact) mass is 206 g/mol. The Morgan fingerprint density at radius 1 is 1.50 bits per heavy atom. The molecule has 0 aromatic carbocycles. The van der Waals surface area contributed by atoms with Crippen molar-refractivity contribution >= 4 is 5.97 Å². The van der Waals surface area contributed by atoms with Crippen molar-refractivity contribution in [2.24, 2.45) is 0 Å². The Balaban J connectivity index is 4.90. The molecule has 0 radical (unpaired) electrons. The molecule has 0 heterocycles. The molecular weight excluding hydrogens is 192 g/mol. The van der Waals surface area contributed by atoms with E-state index in [0.29, 0.717) is 0 Å². The Morgan fingerprint density at radius 2 is 2.00 bits per heavy atom. The fraction of sp³-hybridized carbons (Fsp3) is 0.625. The molecule has 0 spiro atoms. The van der Waals surface area contributed by atoms with Crippen LogP contribution in [0.2, 0.25) is 0 Å². The molecule has 2 N–H and O–H groups in total. The molecule has 0 fully saturated rings. The number of ether oxygens (including phenoxy) is 1. The van der Waals surface area contributed by atoms with Crippen molar-refractivity contribution in [3.63, 3.8) is 0 Å². The smallest absolute Gasteiger partial charge is 0.348 e. The molecular formula is C8H14O6. The highest BCUT2D eigenvalue weighted by atomic mass is 17.2. The third-order valence-electron chi connectivity index (χ3n) is 1.71. The molecule has 6 nitrogen and oxygen atoms in total. The van der Waals surface area contributed by atoms with Gasteiger partial charge in [-0.15, -0.1) is 0 Å². The molecule has 0 aliphatic carbocycles. The van der Waals surface area contributed by atoms with Gasteiger partial charge >= 0.3 is 5.97 Å². The molecule has 2 atom stereocenters. The van der Waals surface area contributed by atoms with Crippen LogP contribution in [0.5, 0.6) is 0 Å². The Bertz CT molecular complexity index is 224. The lowest BCUT2D eigenvalue weighted by atomic mass is 9.96. The van der Waals surface area contributed by atoms with Crippen LogP contribution < -0.4 is 0 Å². The lowest BCUT2D eigenvalue weighted by Gasteiger charge is -2.27. The summed E-state index contributed by atoms with van der Waals surface area (Å²) in [6.07, 6.45) is -1.43. The summed E-state index contributed by atoms with van der Waals surface area (Å²) >= 11 is 0. The minimum absolute atomic E-state index is 0.443. The average molecular weight is 206 g/mol. The summed E-state index contributed by atoms with van der Waals surface area (Å²) in [4.78, 5) is 19.8. The second-order valence-corrected chi connectivity index (χ2v) is 2.61. The molecule has 0 amide bonds. The number of hydrogen-bond acceptors (Lipinski definition) is 6. The summed E-state index contributed by atoms with van der Waals surface area (Å²) in [5.41, 5.74) is -2.33. The van der Waals surface area contributed by atoms with Crippen molar-refractivity contribution in [3.05, 3.63) is 12.3 Å². The molecule has 0 saturated heterocycles. The number of aliphatic hydroxyl groups excluding tert-OH is 1. The van der Waals surface area contributed by atoms with Gasteiger partial charge in [0.15, 0.2) is 5.76 Å². The van der Waals surface area contributed by atoms with E-state index in [4.69, 9.17) is 0 Å². The van der Waals surface area contributed by atoms with E-state index >= 15 is 0 Å². The Morgan fingerprint density at radius 3 is 2.29 bits per heavy atom. The Labute approximate surface area is 81.6 Å². The van der Waals surface area contributed by atoms with E-state index in [2.05, 4.69) is 21.1 Å². The highest BCUT2D eigenvalue weighted by molar-refractivity contribution is 5.83. The van der Waals surface area contributed by atoms with Crippen LogP contribution in [-0.2, 0) is 19.3 Å². The van der Waals surface area contributed by atoms with Crippen molar-refractivity contribution in [3.8, 4) is 0 Å². The number of carbonyl (C=O) groups excluding carboxylic acids is 1. The summed E-state index contributed by atoms with van der Waals surface area (Å²) in [6, 6.07) is 0. The van der Waals surface area contributed by atoms with Crippen LogP contribution in [0.1, 0.15) is 6.92 Å². The first-order valence-corrected chi connectivity index (χ1v) is 3.80. The van der Waals surface area contributed by atoms with Crippen LogP contribution in [0.3, 0.4) is 0 Å². The third-order valence-corrected chi connectivity index (χ3v) is 1.71. The fourth-order valence-electron chi connectivity index (χ4n) is 0.837. The lowest BCUT2D eigenvalue weighted by Crippen LogP contribution is -2.50. The first-order valence-electron chi connectivity index (χ1n) is 3.80. The number of aliphatic hydroxyl groups is 2. The van der Waals surface area contributed by atoms with Crippen LogP contribution >= 0.6 is 0 Å². The largest absolute Gasteiger partial charge is 0.466 e. The lowest BCUT2D eigenvalue weighted by molar-refractivity contribution is -0.264. The molecule has 0 saturated carbocycles. The zero-order valence-electron chi connectivity index (χ0n) is 8.31. The van der Waals surface area contributed by atoms with E-state index in [1.807, 2.05) is 0 Å². The number of carbonyl (C=O) groups is 1. The average Bonchev–Trinajstić information content (AvgIpc) is 2.15. The number of rotatable bonds is 5. The van der Waals surface area contributed by atoms with Gasteiger partial charge in [-0.1, -0.05) is 6.58 Å². The highest BCUT2D eigenvalue weighted by Crippen LogP contribution is 2.22. The van der Waals surface area contributed by atoms with Gasteiger partial charge < -0.3 is 19.8 Å². The van der Waals surface area contributed by atoms with Gasteiger partial charge in [0, 0.05) is 0 Å². The van der Waals surface area contributed by atoms with Crippen molar-refractivity contribution in [1.82, 2.24) is 0 Å². The molecule has 0 aliphatic heterocycles. The van der Waals surface area contributed by atoms with Gasteiger partial charge in [0.25, 0.3) is 0 Å². The second kappa shape index (κ2) is 4.94. The van der Waals surface area contributed by atoms with Crippen LogP contribution in [0.4, 0.5) is 0 Å². The molecule has 14 heavy (non-hydrogen) atoms. The maximum Gasteiger partial charge on any atom is 0.348 e. The minimum Gasteiger partial charge on any atom is -0.466 e. The van der Waals surface area contributed by atoms with E-state index in [-0.39, 0.29) is 0 Å². The quantitative estimate of drug-likeness (QED) is 0.269. The van der Waals surface area contributed by atoms with Crippen molar-refractivity contribution < 1.29 is 29.5 Å². The Hall–Kier alpha value is -1.11. The summed E-state index contributed by atoms with van der Waals surface area (Å²) in [5.74, 6) is -1.52. The molecule has 0 rings (SSSR count). The molecule has 0 aromatic rings. The summed E-state index contributed by atoms with van der Waals surface area (Å²) in [7, 11) is 2.24. The van der Waals surface area contributed by atoms with Crippen molar-refractivity contribution in [2.75, 3.05) is 14.2 Å². The highest BCUT2D eigenvalue weighted by Gasteiger charge is 2.47. The number of hydrogen-bond donors (Lipinski definition) is 2. The first kappa shape index (κ1) is 12.9. The standard InChI is InChI=1S/C8H14O6/c1-5(9)8(11,7(10)12-3)6(2)14-13-4/h5,9,11H,2H2,1,3-4H3/t5-,8+/m1/s1. The zero-order valence-corrected chi connectivity index (χ0v) is 8.31. The third kappa shape index (κ3) is 2.22. The topological polar surface area (TPSA) is 85.2 Å². The Kier molecular flexibility index (Phi) is 4.55. The van der Waals surface area contributed by atoms with Crippen molar-refractivity contribution in [2.45, 2.75) is 18.6 Å². The first-order chi connectivity index (χ1) is 6.41. The van der Waals surface area contributed by atoms with E-state index in [1.165, 1.54) is 14.0 Å². The summed E-state index contributed by atoms with van der Waals surface area (Å²) < 4.78 is 4.30. The maximum absolute atomic E-state index is 11.2. The van der Waals surface area contributed by atoms with E-state index in [9.17, 15) is 15.0 Å². The number of methoxy groups -OCH3 is 1. The molecule has 0 bridgehead atoms. The molecule has 0 aliphatic rings. The molecule has 0 aromatic heterocycles. The van der Waals surface area contributed by atoms with Gasteiger partial charge in [-0.2, -0.15) is 4.89 Å². The normalized spacial score (nSPS) is 16.6. The summed E-state index contributed by atoms with van der Waals surface area (Å²) in [6.45, 7) is 4.44. The second-order valence-electron chi connectivity index (χ2n) is 2.61. The minimum atomic E-state index is -2.33. The van der Waals surface area contributed by atoms with Crippen molar-refractivity contribution in [1.29, 1.82) is 0 Å². The zero-order chi connectivity index (χ0) is 11.4. The van der Waals surface area contributed by atoms with Gasteiger partial charge in [0.05, 0.1) is 20.3 Å². The van der Waals surface area contributed by atoms with Gasteiger partial charge in [-0.05, 0) is 6.92 Å². The fourth-order valence-corrected chi connectivity index (χ4v) is 0.837. The summed E-state index contributed by atoms with van der Waals surface area (Å²) in [5, 5.41) is 19.0. The van der Waals surface area contributed by atoms with E-state index in [1.54, 1.807) is 0 Å². The van der Waals surface area contributed by atoms with Crippen LogP contribution in [0.25, 0.3) is 0 Å². The van der Waals surface area contributed by atoms with E-state index < -0.39 is 23.4 Å². The van der Waals surface area contributed by atoms with Gasteiger partial charge in [0.1, 0.15) is 0 Å². The predicted molar refractivity (Wildman–Crippen MR) is 45.9 cm³/mol. The molecule has 0 unspecified atom stereocenters. The van der Waals surface area contributed by atoms with Crippen LogP contribution in [0.15, 0.2) is 12.3 Å². The SMILES string of the molecule is C=C(OOC)[C@](O)(C(=O)OC)[C@@H](C)O. The van der Waals surface area contributed by atoms with Gasteiger partial charge in [0.2, 0.25) is 5.60 Å². The van der Waals surface area contributed by atoms with E-state index in [0.717, 1.165) is 7.11 Å². The van der Waals surface area contributed by atoms with Gasteiger partial charge in [-0.25, -0.2) is 4.79 Å². The van der Waals surface area contributed by atoms with Crippen LogP contribution in [0, 0.1) is 0 Å². The number of esters is 1. The molecule has 82 valence electrons. The maximum atomic E-state index is 11.2. The molecule has 6 heteroatoms.